The molecule has 0 fully saturated rings. The van der Waals surface area contributed by atoms with E-state index in [9.17, 15) is 0 Å². The molecule has 3 heterocycles. The van der Waals surface area contributed by atoms with Gasteiger partial charge in [0.25, 0.3) is 0 Å². The third-order valence-electron chi connectivity index (χ3n) is 2.83. The Hall–Kier alpha value is -1.55. The van der Waals surface area contributed by atoms with E-state index in [-0.39, 0.29) is 0 Å². The third-order valence-corrected chi connectivity index (χ3v) is 5.73. The fourth-order valence-corrected chi connectivity index (χ4v) is 4.75. The molecule has 86 valence electrons. The van der Waals surface area contributed by atoms with Gasteiger partial charge in [-0.15, -0.1) is 0 Å². The Morgan fingerprint density at radius 1 is 1.06 bits per heavy atom. The molecular formula is C13H7N3SSe. The van der Waals surface area contributed by atoms with Gasteiger partial charge in [0.2, 0.25) is 0 Å². The second kappa shape index (κ2) is 3.99. The minimum absolute atomic E-state index is 0.321. The maximum absolute atomic E-state index is 4.50. The van der Waals surface area contributed by atoms with E-state index >= 15 is 0 Å². The van der Waals surface area contributed by atoms with Crippen LogP contribution in [0.4, 0.5) is 0 Å². The van der Waals surface area contributed by atoms with Gasteiger partial charge in [0, 0.05) is 0 Å². The van der Waals surface area contributed by atoms with Crippen LogP contribution >= 0.6 is 11.7 Å². The predicted molar refractivity (Wildman–Crippen MR) is 75.1 cm³/mol. The van der Waals surface area contributed by atoms with Crippen molar-refractivity contribution < 1.29 is 0 Å². The Morgan fingerprint density at radius 2 is 2.00 bits per heavy atom. The van der Waals surface area contributed by atoms with E-state index in [0.717, 1.165) is 16.7 Å². The molecule has 0 spiro atoms. The van der Waals surface area contributed by atoms with Gasteiger partial charge in [-0.1, -0.05) is 0 Å². The van der Waals surface area contributed by atoms with Crippen molar-refractivity contribution in [2.45, 2.75) is 0 Å². The van der Waals surface area contributed by atoms with Gasteiger partial charge in [-0.2, -0.15) is 0 Å². The standard InChI is InChI=1S/C13H7N3SSe/c1-2-4-10-8(3-1)7-11(18-10)13-12-9(5-6-14-13)15-17-16-12/h1-7H. The number of aromatic nitrogens is 3. The van der Waals surface area contributed by atoms with Crippen molar-refractivity contribution in [3.05, 3.63) is 42.6 Å². The second-order valence-corrected chi connectivity index (χ2v) is 6.74. The van der Waals surface area contributed by atoms with Gasteiger partial charge in [-0.3, -0.25) is 0 Å². The van der Waals surface area contributed by atoms with Crippen LogP contribution in [-0.4, -0.2) is 28.2 Å². The van der Waals surface area contributed by atoms with Crippen LogP contribution in [0.1, 0.15) is 0 Å². The number of pyridine rings is 1. The summed E-state index contributed by atoms with van der Waals surface area (Å²) in [5, 5.41) is 1.31. The number of benzene rings is 1. The van der Waals surface area contributed by atoms with Crippen LogP contribution in [0.3, 0.4) is 0 Å². The van der Waals surface area contributed by atoms with E-state index < -0.39 is 0 Å². The Kier molecular flexibility index (Phi) is 2.30. The molecule has 0 saturated carbocycles. The molecule has 0 radical (unpaired) electrons. The van der Waals surface area contributed by atoms with Gasteiger partial charge in [0.15, 0.2) is 0 Å². The molecule has 0 bridgehead atoms. The topological polar surface area (TPSA) is 38.7 Å². The van der Waals surface area contributed by atoms with Gasteiger partial charge in [-0.05, 0) is 0 Å². The van der Waals surface area contributed by atoms with Crippen LogP contribution in [0.15, 0.2) is 42.6 Å². The van der Waals surface area contributed by atoms with Crippen molar-refractivity contribution in [1.29, 1.82) is 0 Å². The molecule has 0 amide bonds. The number of hydrogen-bond donors (Lipinski definition) is 0. The van der Waals surface area contributed by atoms with E-state index in [2.05, 4.69) is 44.1 Å². The first-order valence-corrected chi connectivity index (χ1v) is 7.92. The van der Waals surface area contributed by atoms with Gasteiger partial charge < -0.3 is 0 Å². The maximum atomic E-state index is 4.50. The molecule has 4 aromatic rings. The number of nitrogens with zero attached hydrogens (tertiary/aromatic N) is 3. The molecule has 0 unspecified atom stereocenters. The molecule has 0 aliphatic heterocycles. The molecule has 0 atom stereocenters. The first-order valence-electron chi connectivity index (χ1n) is 5.48. The van der Waals surface area contributed by atoms with Gasteiger partial charge in [0.1, 0.15) is 0 Å². The molecule has 5 heteroatoms. The Labute approximate surface area is 113 Å². The molecule has 18 heavy (non-hydrogen) atoms. The van der Waals surface area contributed by atoms with Gasteiger partial charge in [-0.25, -0.2) is 0 Å². The van der Waals surface area contributed by atoms with Crippen molar-refractivity contribution in [2.24, 2.45) is 0 Å². The van der Waals surface area contributed by atoms with Crippen LogP contribution < -0.4 is 0 Å². The van der Waals surface area contributed by atoms with E-state index in [1.807, 2.05) is 12.3 Å². The summed E-state index contributed by atoms with van der Waals surface area (Å²) in [4.78, 5) is 4.50. The molecular weight excluding hydrogens is 309 g/mol. The quantitative estimate of drug-likeness (QED) is 0.507. The molecule has 0 N–H and O–H groups in total. The monoisotopic (exact) mass is 317 g/mol. The molecule has 0 aliphatic rings. The number of fused-ring (bicyclic) bond motifs is 2. The minimum atomic E-state index is 0.321. The Bertz CT molecular complexity index is 816. The summed E-state index contributed by atoms with van der Waals surface area (Å²) in [6, 6.07) is 12.7. The predicted octanol–water partition coefficient (Wildman–Crippen LogP) is 2.96. The van der Waals surface area contributed by atoms with Crippen molar-refractivity contribution >= 4 is 46.9 Å². The first kappa shape index (κ1) is 10.4. The number of hydrogen-bond acceptors (Lipinski definition) is 4. The summed E-state index contributed by atoms with van der Waals surface area (Å²) in [5.74, 6) is 0. The van der Waals surface area contributed by atoms with Gasteiger partial charge >= 0.3 is 113 Å². The Balaban J connectivity index is 2.04. The molecule has 3 nitrogen and oxygen atoms in total. The summed E-state index contributed by atoms with van der Waals surface area (Å²) in [6.07, 6.45) is 1.82. The summed E-state index contributed by atoms with van der Waals surface area (Å²) >= 11 is 1.57. The van der Waals surface area contributed by atoms with E-state index in [1.165, 1.54) is 25.8 Å². The van der Waals surface area contributed by atoms with Crippen molar-refractivity contribution in [3.8, 4) is 10.1 Å². The van der Waals surface area contributed by atoms with E-state index in [1.54, 1.807) is 0 Å². The fraction of sp³-hybridized carbons (Fsp3) is 0. The van der Waals surface area contributed by atoms with Gasteiger partial charge in [0.05, 0.1) is 0 Å². The molecule has 0 aliphatic carbocycles. The zero-order chi connectivity index (χ0) is 11.9. The number of rotatable bonds is 1. The second-order valence-electron chi connectivity index (χ2n) is 3.94. The van der Waals surface area contributed by atoms with Crippen LogP contribution in [0.5, 0.6) is 0 Å². The summed E-state index contributed by atoms with van der Waals surface area (Å²) in [5.41, 5.74) is 2.87. The SMILES string of the molecule is c1ccc2[se]c(-c3nccc4nsnc34)cc2c1. The van der Waals surface area contributed by atoms with E-state index in [0.29, 0.717) is 14.5 Å². The average molecular weight is 316 g/mol. The molecule has 4 rings (SSSR count). The fourth-order valence-electron chi connectivity index (χ4n) is 1.99. The molecule has 3 aromatic heterocycles. The van der Waals surface area contributed by atoms with Crippen molar-refractivity contribution in [2.75, 3.05) is 0 Å². The molecule has 1 aromatic carbocycles. The van der Waals surface area contributed by atoms with E-state index in [4.69, 9.17) is 0 Å². The zero-order valence-corrected chi connectivity index (χ0v) is 11.7. The molecule has 0 saturated heterocycles. The van der Waals surface area contributed by atoms with Crippen LogP contribution in [0.25, 0.3) is 30.8 Å². The normalized spacial score (nSPS) is 11.3. The average Bonchev–Trinajstić information content (AvgIpc) is 3.04. The van der Waals surface area contributed by atoms with Crippen molar-refractivity contribution in [3.63, 3.8) is 0 Å². The van der Waals surface area contributed by atoms with Crippen LogP contribution in [0, 0.1) is 0 Å². The summed E-state index contributed by atoms with van der Waals surface area (Å²) in [7, 11) is 0. The summed E-state index contributed by atoms with van der Waals surface area (Å²) in [6.45, 7) is 0. The zero-order valence-electron chi connectivity index (χ0n) is 9.20. The van der Waals surface area contributed by atoms with Crippen molar-refractivity contribution in [1.82, 2.24) is 13.7 Å². The first-order chi connectivity index (χ1) is 8.92. The van der Waals surface area contributed by atoms with Crippen LogP contribution in [-0.2, 0) is 0 Å². The summed E-state index contributed by atoms with van der Waals surface area (Å²) < 4.78 is 11.3. The third kappa shape index (κ3) is 1.52. The Morgan fingerprint density at radius 3 is 2.94 bits per heavy atom. The van der Waals surface area contributed by atoms with Crippen LogP contribution in [0.2, 0.25) is 0 Å².